The van der Waals surface area contributed by atoms with Gasteiger partial charge in [0, 0.05) is 5.33 Å². The molecule has 96 valence electrons. The summed E-state index contributed by atoms with van der Waals surface area (Å²) in [5.41, 5.74) is 0.724. The highest BCUT2D eigenvalue weighted by molar-refractivity contribution is 9.09. The van der Waals surface area contributed by atoms with Crippen LogP contribution in [0.3, 0.4) is 0 Å². The largest absolute Gasteiger partial charge is 0.0922 e. The summed E-state index contributed by atoms with van der Waals surface area (Å²) in [6, 6.07) is 0. The Bertz CT molecular complexity index is 155. The van der Waals surface area contributed by atoms with Crippen molar-refractivity contribution in [3.05, 3.63) is 0 Å². The molecule has 1 aliphatic carbocycles. The molecule has 0 bridgehead atoms. The Morgan fingerprint density at radius 1 is 0.875 bits per heavy atom. The lowest BCUT2D eigenvalue weighted by Crippen LogP contribution is -2.30. The zero-order valence-corrected chi connectivity index (χ0v) is 12.7. The number of rotatable bonds is 10. The molecular formula is C15H29Br. The van der Waals surface area contributed by atoms with Gasteiger partial charge in [0.05, 0.1) is 0 Å². The molecule has 0 radical (unpaired) electrons. The Morgan fingerprint density at radius 3 is 1.88 bits per heavy atom. The van der Waals surface area contributed by atoms with E-state index in [1.165, 1.54) is 82.4 Å². The highest BCUT2D eigenvalue weighted by atomic mass is 79.9. The maximum atomic E-state index is 3.69. The van der Waals surface area contributed by atoms with Crippen LogP contribution < -0.4 is 0 Å². The van der Waals surface area contributed by atoms with E-state index < -0.39 is 0 Å². The monoisotopic (exact) mass is 288 g/mol. The molecule has 0 N–H and O–H groups in total. The third kappa shape index (κ3) is 5.21. The summed E-state index contributed by atoms with van der Waals surface area (Å²) in [5, 5.41) is 1.25. The lowest BCUT2D eigenvalue weighted by molar-refractivity contribution is 0.149. The molecule has 0 aliphatic heterocycles. The second kappa shape index (κ2) is 8.55. The molecule has 0 nitrogen and oxygen atoms in total. The average Bonchev–Trinajstić information content (AvgIpc) is 2.25. The van der Waals surface area contributed by atoms with Gasteiger partial charge in [0.15, 0.2) is 0 Å². The maximum Gasteiger partial charge on any atom is 0.00879 e. The Labute approximate surface area is 111 Å². The third-order valence-electron chi connectivity index (χ3n) is 4.26. The molecule has 1 heteroatoms. The van der Waals surface area contributed by atoms with Gasteiger partial charge in [-0.15, -0.1) is 0 Å². The molecule has 0 saturated heterocycles. The minimum absolute atomic E-state index is 0.724. The molecule has 0 spiro atoms. The van der Waals surface area contributed by atoms with Crippen LogP contribution in [0.25, 0.3) is 0 Å². The molecule has 0 unspecified atom stereocenters. The van der Waals surface area contributed by atoms with Gasteiger partial charge in [0.25, 0.3) is 0 Å². The highest BCUT2D eigenvalue weighted by Crippen LogP contribution is 2.46. The lowest BCUT2D eigenvalue weighted by atomic mass is 9.67. The van der Waals surface area contributed by atoms with Gasteiger partial charge in [0.1, 0.15) is 0 Å². The molecule has 0 aromatic rings. The van der Waals surface area contributed by atoms with Crippen LogP contribution in [0.1, 0.15) is 84.0 Å². The first-order chi connectivity index (χ1) is 7.83. The smallest absolute Gasteiger partial charge is 0.00879 e. The maximum absolute atomic E-state index is 3.69. The summed E-state index contributed by atoms with van der Waals surface area (Å²) < 4.78 is 0. The summed E-state index contributed by atoms with van der Waals surface area (Å²) >= 11 is 3.69. The number of unbranched alkanes of at least 4 members (excludes halogenated alkanes) is 7. The summed E-state index contributed by atoms with van der Waals surface area (Å²) in [5.74, 6) is 0. The average molecular weight is 289 g/mol. The molecule has 0 atom stereocenters. The molecule has 0 heterocycles. The number of alkyl halides is 1. The van der Waals surface area contributed by atoms with Gasteiger partial charge in [-0.1, -0.05) is 80.6 Å². The standard InChI is InChI=1S/C15H29Br/c1-2-3-4-5-6-7-8-9-11-15(14-16)12-10-13-15/h2-14H2,1H3. The second-order valence-corrected chi connectivity index (χ2v) is 6.27. The van der Waals surface area contributed by atoms with Crippen LogP contribution in [0.2, 0.25) is 0 Å². The van der Waals surface area contributed by atoms with Gasteiger partial charge >= 0.3 is 0 Å². The Kier molecular flexibility index (Phi) is 7.77. The van der Waals surface area contributed by atoms with Gasteiger partial charge < -0.3 is 0 Å². The van der Waals surface area contributed by atoms with Crippen molar-refractivity contribution in [2.24, 2.45) is 5.41 Å². The Morgan fingerprint density at radius 2 is 1.44 bits per heavy atom. The van der Waals surface area contributed by atoms with E-state index in [4.69, 9.17) is 0 Å². The van der Waals surface area contributed by atoms with Crippen molar-refractivity contribution in [1.82, 2.24) is 0 Å². The van der Waals surface area contributed by atoms with Crippen molar-refractivity contribution in [3.63, 3.8) is 0 Å². The first-order valence-corrected chi connectivity index (χ1v) is 8.51. The van der Waals surface area contributed by atoms with Crippen molar-refractivity contribution >= 4 is 15.9 Å². The lowest BCUT2D eigenvalue weighted by Gasteiger charge is -2.40. The summed E-state index contributed by atoms with van der Waals surface area (Å²) in [7, 11) is 0. The highest BCUT2D eigenvalue weighted by Gasteiger charge is 2.34. The number of halogens is 1. The van der Waals surface area contributed by atoms with Crippen LogP contribution in [0, 0.1) is 5.41 Å². The minimum Gasteiger partial charge on any atom is -0.0922 e. The van der Waals surface area contributed by atoms with Crippen molar-refractivity contribution in [2.75, 3.05) is 5.33 Å². The first-order valence-electron chi connectivity index (χ1n) is 7.39. The molecule has 1 fully saturated rings. The van der Waals surface area contributed by atoms with E-state index in [1.807, 2.05) is 0 Å². The van der Waals surface area contributed by atoms with Gasteiger partial charge in [-0.2, -0.15) is 0 Å². The molecule has 0 amide bonds. The van der Waals surface area contributed by atoms with E-state index >= 15 is 0 Å². The van der Waals surface area contributed by atoms with Crippen molar-refractivity contribution in [2.45, 2.75) is 84.0 Å². The Hall–Kier alpha value is 0.480. The van der Waals surface area contributed by atoms with Crippen LogP contribution in [-0.2, 0) is 0 Å². The molecule has 1 aliphatic rings. The van der Waals surface area contributed by atoms with Gasteiger partial charge in [-0.05, 0) is 24.7 Å². The number of hydrogen-bond donors (Lipinski definition) is 0. The topological polar surface area (TPSA) is 0 Å². The minimum atomic E-state index is 0.724. The molecular weight excluding hydrogens is 260 g/mol. The van der Waals surface area contributed by atoms with Crippen LogP contribution in [0.4, 0.5) is 0 Å². The van der Waals surface area contributed by atoms with E-state index in [0.717, 1.165) is 5.41 Å². The molecule has 1 rings (SSSR count). The van der Waals surface area contributed by atoms with E-state index in [-0.39, 0.29) is 0 Å². The number of hydrogen-bond acceptors (Lipinski definition) is 0. The van der Waals surface area contributed by atoms with Gasteiger partial charge in [-0.25, -0.2) is 0 Å². The predicted molar refractivity (Wildman–Crippen MR) is 77.3 cm³/mol. The summed E-state index contributed by atoms with van der Waals surface area (Å²) in [6.45, 7) is 2.29. The van der Waals surface area contributed by atoms with E-state index in [1.54, 1.807) is 0 Å². The third-order valence-corrected chi connectivity index (χ3v) is 5.45. The van der Waals surface area contributed by atoms with Gasteiger partial charge in [0.2, 0.25) is 0 Å². The fourth-order valence-corrected chi connectivity index (χ4v) is 3.60. The predicted octanol–water partition coefficient (Wildman–Crippen LogP) is 6.08. The quantitative estimate of drug-likeness (QED) is 0.337. The van der Waals surface area contributed by atoms with Crippen LogP contribution >= 0.6 is 15.9 Å². The van der Waals surface area contributed by atoms with Crippen LogP contribution in [0.15, 0.2) is 0 Å². The zero-order chi connectivity index (χ0) is 11.7. The Balaban J connectivity index is 1.84. The van der Waals surface area contributed by atoms with Crippen LogP contribution in [0.5, 0.6) is 0 Å². The summed E-state index contributed by atoms with van der Waals surface area (Å²) in [6.07, 6.45) is 17.5. The summed E-state index contributed by atoms with van der Waals surface area (Å²) in [4.78, 5) is 0. The van der Waals surface area contributed by atoms with Crippen LogP contribution in [-0.4, -0.2) is 5.33 Å². The van der Waals surface area contributed by atoms with E-state index in [0.29, 0.717) is 0 Å². The second-order valence-electron chi connectivity index (χ2n) is 5.71. The van der Waals surface area contributed by atoms with E-state index in [9.17, 15) is 0 Å². The van der Waals surface area contributed by atoms with Crippen molar-refractivity contribution in [3.8, 4) is 0 Å². The van der Waals surface area contributed by atoms with Crippen molar-refractivity contribution < 1.29 is 0 Å². The normalized spacial score (nSPS) is 18.4. The van der Waals surface area contributed by atoms with Gasteiger partial charge in [-0.3, -0.25) is 0 Å². The zero-order valence-electron chi connectivity index (χ0n) is 11.1. The molecule has 0 aromatic heterocycles. The molecule has 0 aromatic carbocycles. The fraction of sp³-hybridized carbons (Fsp3) is 1.00. The molecule has 1 saturated carbocycles. The molecule has 16 heavy (non-hydrogen) atoms. The SMILES string of the molecule is CCCCCCCCCCC1(CBr)CCC1. The van der Waals surface area contributed by atoms with E-state index in [2.05, 4.69) is 22.9 Å². The fourth-order valence-electron chi connectivity index (χ4n) is 2.76. The van der Waals surface area contributed by atoms with Crippen molar-refractivity contribution in [1.29, 1.82) is 0 Å². The first kappa shape index (κ1) is 14.5.